The van der Waals surface area contributed by atoms with E-state index in [9.17, 15) is 13.2 Å². The smallest absolute Gasteiger partial charge is 0.271 e. The summed E-state index contributed by atoms with van der Waals surface area (Å²) in [7, 11) is 0. The molecule has 1 atom stereocenters. The summed E-state index contributed by atoms with van der Waals surface area (Å²) >= 11 is 0. The molecule has 1 heterocycles. The first kappa shape index (κ1) is 14.5. The summed E-state index contributed by atoms with van der Waals surface area (Å²) in [6, 6.07) is 8.74. The van der Waals surface area contributed by atoms with Gasteiger partial charge >= 0.3 is 6.18 Å². The standard InChI is InChI=1S/C13H15F3N4/c14-13(15,16)7-6-12(19-17)10-8-18-20(9-10)11-4-2-1-3-5-11/h1-5,8-9,12,19H,6-7,17H2. The second-order valence-corrected chi connectivity index (χ2v) is 4.43. The fourth-order valence-electron chi connectivity index (χ4n) is 1.89. The lowest BCUT2D eigenvalue weighted by atomic mass is 10.1. The second-order valence-electron chi connectivity index (χ2n) is 4.43. The normalized spacial score (nSPS) is 13.4. The lowest BCUT2D eigenvalue weighted by molar-refractivity contribution is -0.136. The molecule has 0 bridgehead atoms. The van der Waals surface area contributed by atoms with Gasteiger partial charge in [-0.05, 0) is 18.6 Å². The minimum atomic E-state index is -4.19. The van der Waals surface area contributed by atoms with Crippen molar-refractivity contribution in [3.63, 3.8) is 0 Å². The predicted octanol–water partition coefficient (Wildman–Crippen LogP) is 2.72. The van der Waals surface area contributed by atoms with Crippen molar-refractivity contribution in [1.29, 1.82) is 0 Å². The van der Waals surface area contributed by atoms with Gasteiger partial charge in [-0.3, -0.25) is 11.3 Å². The van der Waals surface area contributed by atoms with Crippen LogP contribution in [0.25, 0.3) is 5.69 Å². The number of aromatic nitrogens is 2. The Morgan fingerprint density at radius 2 is 1.95 bits per heavy atom. The molecule has 0 fully saturated rings. The van der Waals surface area contributed by atoms with E-state index in [1.807, 2.05) is 30.3 Å². The third-order valence-corrected chi connectivity index (χ3v) is 2.94. The van der Waals surface area contributed by atoms with Crippen molar-refractivity contribution < 1.29 is 13.2 Å². The van der Waals surface area contributed by atoms with Gasteiger partial charge in [-0.25, -0.2) is 4.68 Å². The number of hydrazine groups is 1. The zero-order valence-corrected chi connectivity index (χ0v) is 10.6. The SMILES string of the molecule is NNC(CCC(F)(F)F)c1cnn(-c2ccccc2)c1. The lowest BCUT2D eigenvalue weighted by Gasteiger charge is -2.15. The minimum absolute atomic E-state index is 0.125. The van der Waals surface area contributed by atoms with Crippen LogP contribution in [0.5, 0.6) is 0 Å². The number of halogens is 3. The number of para-hydroxylation sites is 1. The Kier molecular flexibility index (Phi) is 4.41. The topological polar surface area (TPSA) is 55.9 Å². The van der Waals surface area contributed by atoms with Crippen LogP contribution >= 0.6 is 0 Å². The van der Waals surface area contributed by atoms with E-state index in [1.165, 1.54) is 6.20 Å². The number of alkyl halides is 3. The predicted molar refractivity (Wildman–Crippen MR) is 68.9 cm³/mol. The molecule has 0 aliphatic rings. The van der Waals surface area contributed by atoms with E-state index in [-0.39, 0.29) is 6.42 Å². The summed E-state index contributed by atoms with van der Waals surface area (Å²) in [6.07, 6.45) is -2.01. The van der Waals surface area contributed by atoms with Crippen molar-refractivity contribution in [2.75, 3.05) is 0 Å². The maximum Gasteiger partial charge on any atom is 0.389 e. The molecule has 2 rings (SSSR count). The molecule has 1 aromatic heterocycles. The molecule has 0 radical (unpaired) electrons. The van der Waals surface area contributed by atoms with Crippen LogP contribution in [0.2, 0.25) is 0 Å². The quantitative estimate of drug-likeness (QED) is 0.655. The van der Waals surface area contributed by atoms with Crippen LogP contribution in [0, 0.1) is 0 Å². The Morgan fingerprint density at radius 1 is 1.25 bits per heavy atom. The summed E-state index contributed by atoms with van der Waals surface area (Å²) in [5.74, 6) is 5.33. The van der Waals surface area contributed by atoms with Crippen LogP contribution in [0.4, 0.5) is 13.2 Å². The molecule has 20 heavy (non-hydrogen) atoms. The Labute approximate surface area is 114 Å². The molecule has 0 spiro atoms. The summed E-state index contributed by atoms with van der Waals surface area (Å²) in [5.41, 5.74) is 3.87. The van der Waals surface area contributed by atoms with E-state index in [0.29, 0.717) is 5.56 Å². The number of rotatable bonds is 5. The summed E-state index contributed by atoms with van der Waals surface area (Å²) in [4.78, 5) is 0. The highest BCUT2D eigenvalue weighted by molar-refractivity contribution is 5.31. The first-order chi connectivity index (χ1) is 9.49. The molecule has 108 valence electrons. The fraction of sp³-hybridized carbons (Fsp3) is 0.308. The van der Waals surface area contributed by atoms with Gasteiger partial charge in [0.25, 0.3) is 0 Å². The maximum absolute atomic E-state index is 12.2. The summed E-state index contributed by atoms with van der Waals surface area (Å²) in [5, 5.41) is 4.14. The van der Waals surface area contributed by atoms with Crippen LogP contribution in [0.3, 0.4) is 0 Å². The van der Waals surface area contributed by atoms with Crippen molar-refractivity contribution in [3.8, 4) is 5.69 Å². The molecule has 1 unspecified atom stereocenters. The summed E-state index contributed by atoms with van der Waals surface area (Å²) < 4.78 is 38.4. The van der Waals surface area contributed by atoms with Gasteiger partial charge in [0.05, 0.1) is 11.9 Å². The Hall–Kier alpha value is -1.86. The molecular weight excluding hydrogens is 269 g/mol. The molecule has 0 saturated carbocycles. The highest BCUT2D eigenvalue weighted by Gasteiger charge is 2.28. The van der Waals surface area contributed by atoms with Crippen LogP contribution in [0.15, 0.2) is 42.7 Å². The summed E-state index contributed by atoms with van der Waals surface area (Å²) in [6.45, 7) is 0. The van der Waals surface area contributed by atoms with Crippen molar-refractivity contribution in [3.05, 3.63) is 48.3 Å². The van der Waals surface area contributed by atoms with Gasteiger partial charge < -0.3 is 0 Å². The van der Waals surface area contributed by atoms with E-state index in [4.69, 9.17) is 5.84 Å². The van der Waals surface area contributed by atoms with E-state index in [0.717, 1.165) is 5.69 Å². The molecular formula is C13H15F3N4. The number of benzene rings is 1. The highest BCUT2D eigenvalue weighted by atomic mass is 19.4. The third kappa shape index (κ3) is 3.82. The van der Waals surface area contributed by atoms with Crippen molar-refractivity contribution in [1.82, 2.24) is 15.2 Å². The Balaban J connectivity index is 2.10. The van der Waals surface area contributed by atoms with Crippen LogP contribution in [-0.2, 0) is 0 Å². The van der Waals surface area contributed by atoms with E-state index in [1.54, 1.807) is 10.9 Å². The van der Waals surface area contributed by atoms with Gasteiger partial charge in [0.15, 0.2) is 0 Å². The third-order valence-electron chi connectivity index (χ3n) is 2.94. The van der Waals surface area contributed by atoms with Gasteiger partial charge in [0.2, 0.25) is 0 Å². The zero-order chi connectivity index (χ0) is 14.6. The van der Waals surface area contributed by atoms with Crippen molar-refractivity contribution in [2.45, 2.75) is 25.1 Å². The van der Waals surface area contributed by atoms with Crippen LogP contribution < -0.4 is 11.3 Å². The van der Waals surface area contributed by atoms with E-state index >= 15 is 0 Å². The molecule has 3 N–H and O–H groups in total. The molecule has 1 aromatic carbocycles. The lowest BCUT2D eigenvalue weighted by Crippen LogP contribution is -2.29. The number of hydrogen-bond donors (Lipinski definition) is 2. The average Bonchev–Trinajstić information content (AvgIpc) is 2.89. The first-order valence-electron chi connectivity index (χ1n) is 6.12. The van der Waals surface area contributed by atoms with Gasteiger partial charge in [0.1, 0.15) is 0 Å². The molecule has 0 aliphatic carbocycles. The van der Waals surface area contributed by atoms with Gasteiger partial charge in [0, 0.05) is 24.2 Å². The van der Waals surface area contributed by atoms with E-state index < -0.39 is 18.6 Å². The number of nitrogens with zero attached hydrogens (tertiary/aromatic N) is 2. The van der Waals surface area contributed by atoms with Crippen LogP contribution in [-0.4, -0.2) is 16.0 Å². The molecule has 0 amide bonds. The monoisotopic (exact) mass is 284 g/mol. The maximum atomic E-state index is 12.2. The average molecular weight is 284 g/mol. The molecule has 7 heteroatoms. The van der Waals surface area contributed by atoms with E-state index in [2.05, 4.69) is 10.5 Å². The minimum Gasteiger partial charge on any atom is -0.271 e. The number of nitrogens with one attached hydrogen (secondary N) is 1. The molecule has 4 nitrogen and oxygen atoms in total. The van der Waals surface area contributed by atoms with Gasteiger partial charge in [-0.2, -0.15) is 18.3 Å². The number of hydrogen-bond acceptors (Lipinski definition) is 3. The first-order valence-corrected chi connectivity index (χ1v) is 6.12. The fourth-order valence-corrected chi connectivity index (χ4v) is 1.89. The second kappa shape index (κ2) is 6.06. The molecule has 2 aromatic rings. The highest BCUT2D eigenvalue weighted by Crippen LogP contribution is 2.27. The van der Waals surface area contributed by atoms with Crippen molar-refractivity contribution in [2.24, 2.45) is 5.84 Å². The van der Waals surface area contributed by atoms with Crippen LogP contribution in [0.1, 0.15) is 24.4 Å². The Bertz CT molecular complexity index is 536. The Morgan fingerprint density at radius 3 is 2.55 bits per heavy atom. The van der Waals surface area contributed by atoms with Gasteiger partial charge in [-0.15, -0.1) is 0 Å². The van der Waals surface area contributed by atoms with Gasteiger partial charge in [-0.1, -0.05) is 18.2 Å². The molecule has 0 saturated heterocycles. The molecule has 0 aliphatic heterocycles. The number of nitrogens with two attached hydrogens (primary N) is 1. The van der Waals surface area contributed by atoms with Crippen molar-refractivity contribution >= 4 is 0 Å². The zero-order valence-electron chi connectivity index (χ0n) is 10.6. The largest absolute Gasteiger partial charge is 0.389 e.